The predicted octanol–water partition coefficient (Wildman–Crippen LogP) is 4.91. The minimum Gasteiger partial charge on any atom is -0.305 e. The number of hydrogen-bond acceptors (Lipinski definition) is 2. The molecule has 0 spiro atoms. The minimum absolute atomic E-state index is 0.170. The van der Waals surface area contributed by atoms with Crippen molar-refractivity contribution >= 4 is 11.3 Å². The van der Waals surface area contributed by atoms with Gasteiger partial charge in [-0.25, -0.2) is 4.39 Å². The first kappa shape index (κ1) is 14.2. The van der Waals surface area contributed by atoms with E-state index in [2.05, 4.69) is 29.8 Å². The largest absolute Gasteiger partial charge is 0.305 e. The summed E-state index contributed by atoms with van der Waals surface area (Å²) in [4.78, 5) is 1.34. The summed E-state index contributed by atoms with van der Waals surface area (Å²) in [5.74, 6) is -0.170. The molecule has 0 saturated carbocycles. The molecule has 0 amide bonds. The molecule has 0 radical (unpaired) electrons. The molecule has 1 unspecified atom stereocenters. The van der Waals surface area contributed by atoms with Crippen LogP contribution < -0.4 is 5.32 Å². The van der Waals surface area contributed by atoms with E-state index < -0.39 is 0 Å². The van der Waals surface area contributed by atoms with Crippen LogP contribution in [0.2, 0.25) is 0 Å². The Morgan fingerprint density at radius 3 is 2.63 bits per heavy atom. The van der Waals surface area contributed by atoms with E-state index in [4.69, 9.17) is 0 Å². The van der Waals surface area contributed by atoms with Gasteiger partial charge in [-0.15, -0.1) is 11.3 Å². The molecule has 2 aromatic rings. The molecule has 0 fully saturated rings. The Labute approximate surface area is 118 Å². The highest BCUT2D eigenvalue weighted by molar-refractivity contribution is 7.09. The third-order valence-corrected chi connectivity index (χ3v) is 4.10. The third-order valence-electron chi connectivity index (χ3n) is 3.22. The van der Waals surface area contributed by atoms with Gasteiger partial charge in [-0.3, -0.25) is 0 Å². The minimum atomic E-state index is -0.170. The molecular formula is C16H20FNS. The van der Waals surface area contributed by atoms with E-state index in [0.717, 1.165) is 13.0 Å². The normalized spacial score (nSPS) is 12.5. The molecule has 1 atom stereocenters. The standard InChI is InChI=1S/C16H20FNS/c1-2-3-6-16(13-7-9-14(17)10-8-13)18-12-15-5-4-11-19-15/h4-5,7-11,16,18H,2-3,6,12H2,1H3. The first-order valence-corrected chi connectivity index (χ1v) is 7.68. The Morgan fingerprint density at radius 2 is 2.00 bits per heavy atom. The highest BCUT2D eigenvalue weighted by atomic mass is 32.1. The molecule has 19 heavy (non-hydrogen) atoms. The quantitative estimate of drug-likeness (QED) is 0.758. The molecule has 102 valence electrons. The molecular weight excluding hydrogens is 257 g/mol. The van der Waals surface area contributed by atoms with Crippen LogP contribution >= 0.6 is 11.3 Å². The van der Waals surface area contributed by atoms with Crippen molar-refractivity contribution in [3.63, 3.8) is 0 Å². The van der Waals surface area contributed by atoms with Crippen molar-refractivity contribution in [2.45, 2.75) is 38.8 Å². The zero-order valence-electron chi connectivity index (χ0n) is 11.2. The van der Waals surface area contributed by atoms with Gasteiger partial charge in [0.1, 0.15) is 5.82 Å². The molecule has 3 heteroatoms. The Hall–Kier alpha value is -1.19. The van der Waals surface area contributed by atoms with Gasteiger partial charge in [-0.2, -0.15) is 0 Å². The number of thiophene rings is 1. The van der Waals surface area contributed by atoms with Gasteiger partial charge in [-0.1, -0.05) is 38.0 Å². The summed E-state index contributed by atoms with van der Waals surface area (Å²) in [6.45, 7) is 3.07. The lowest BCUT2D eigenvalue weighted by Gasteiger charge is -2.18. The van der Waals surface area contributed by atoms with Crippen molar-refractivity contribution in [1.29, 1.82) is 0 Å². The van der Waals surface area contributed by atoms with Gasteiger partial charge < -0.3 is 5.32 Å². The van der Waals surface area contributed by atoms with Crippen LogP contribution in [0.3, 0.4) is 0 Å². The van der Waals surface area contributed by atoms with E-state index in [1.54, 1.807) is 23.5 Å². The van der Waals surface area contributed by atoms with Gasteiger partial charge in [0.2, 0.25) is 0 Å². The van der Waals surface area contributed by atoms with E-state index in [-0.39, 0.29) is 5.82 Å². The molecule has 0 aliphatic heterocycles. The summed E-state index contributed by atoms with van der Waals surface area (Å²) in [5, 5.41) is 5.67. The maximum atomic E-state index is 13.0. The van der Waals surface area contributed by atoms with E-state index in [9.17, 15) is 4.39 Å². The van der Waals surface area contributed by atoms with Crippen molar-refractivity contribution in [2.75, 3.05) is 0 Å². The Kier molecular flexibility index (Phi) is 5.55. The summed E-state index contributed by atoms with van der Waals surface area (Å²) in [6.07, 6.45) is 3.45. The molecule has 2 rings (SSSR count). The monoisotopic (exact) mass is 277 g/mol. The number of rotatable bonds is 7. The maximum absolute atomic E-state index is 13.0. The molecule has 1 nitrogen and oxygen atoms in total. The van der Waals surface area contributed by atoms with Crippen LogP contribution in [0.25, 0.3) is 0 Å². The first-order chi connectivity index (χ1) is 9.29. The Balaban J connectivity index is 2.00. The fraction of sp³-hybridized carbons (Fsp3) is 0.375. The SMILES string of the molecule is CCCCC(NCc1cccs1)c1ccc(F)cc1. The number of nitrogens with one attached hydrogen (secondary N) is 1. The second-order valence-corrected chi connectivity index (χ2v) is 5.74. The number of benzene rings is 1. The smallest absolute Gasteiger partial charge is 0.123 e. The zero-order valence-corrected chi connectivity index (χ0v) is 12.0. The summed E-state index contributed by atoms with van der Waals surface area (Å²) in [6, 6.07) is 11.4. The number of halogens is 1. The Bertz CT molecular complexity index is 464. The van der Waals surface area contributed by atoms with Gasteiger partial charge >= 0.3 is 0 Å². The van der Waals surface area contributed by atoms with Crippen LogP contribution in [0.4, 0.5) is 4.39 Å². The fourth-order valence-electron chi connectivity index (χ4n) is 2.13. The predicted molar refractivity (Wildman–Crippen MR) is 79.8 cm³/mol. The topological polar surface area (TPSA) is 12.0 Å². The van der Waals surface area contributed by atoms with Gasteiger partial charge in [-0.05, 0) is 35.6 Å². The van der Waals surface area contributed by atoms with Crippen molar-refractivity contribution < 1.29 is 4.39 Å². The average molecular weight is 277 g/mol. The second-order valence-electron chi connectivity index (χ2n) is 4.71. The van der Waals surface area contributed by atoms with Crippen LogP contribution in [0.1, 0.15) is 42.7 Å². The molecule has 0 bridgehead atoms. The van der Waals surface area contributed by atoms with Crippen molar-refractivity contribution in [1.82, 2.24) is 5.32 Å². The lowest BCUT2D eigenvalue weighted by Crippen LogP contribution is -2.20. The highest BCUT2D eigenvalue weighted by Gasteiger charge is 2.10. The van der Waals surface area contributed by atoms with Crippen LogP contribution in [0.5, 0.6) is 0 Å². The maximum Gasteiger partial charge on any atom is 0.123 e. The van der Waals surface area contributed by atoms with Crippen molar-refractivity contribution in [3.8, 4) is 0 Å². The van der Waals surface area contributed by atoms with Crippen LogP contribution in [0.15, 0.2) is 41.8 Å². The van der Waals surface area contributed by atoms with Crippen LogP contribution in [0, 0.1) is 5.82 Å². The molecule has 1 N–H and O–H groups in total. The van der Waals surface area contributed by atoms with Gasteiger partial charge in [0.15, 0.2) is 0 Å². The lowest BCUT2D eigenvalue weighted by atomic mass is 10.0. The third kappa shape index (κ3) is 4.44. The van der Waals surface area contributed by atoms with Gasteiger partial charge in [0, 0.05) is 17.5 Å². The molecule has 0 aliphatic rings. The molecule has 1 aromatic heterocycles. The summed E-state index contributed by atoms with van der Waals surface area (Å²) in [5.41, 5.74) is 1.17. The van der Waals surface area contributed by atoms with Gasteiger partial charge in [0.05, 0.1) is 0 Å². The average Bonchev–Trinajstić information content (AvgIpc) is 2.93. The van der Waals surface area contributed by atoms with Crippen molar-refractivity contribution in [3.05, 3.63) is 58.0 Å². The van der Waals surface area contributed by atoms with E-state index in [1.165, 1.54) is 23.3 Å². The molecule has 0 saturated heterocycles. The summed E-state index contributed by atoms with van der Waals surface area (Å²) >= 11 is 1.76. The summed E-state index contributed by atoms with van der Waals surface area (Å²) in [7, 11) is 0. The second kappa shape index (κ2) is 7.41. The Morgan fingerprint density at radius 1 is 1.21 bits per heavy atom. The van der Waals surface area contributed by atoms with Gasteiger partial charge in [0.25, 0.3) is 0 Å². The van der Waals surface area contributed by atoms with Crippen LogP contribution in [-0.2, 0) is 6.54 Å². The van der Waals surface area contributed by atoms with E-state index in [0.29, 0.717) is 6.04 Å². The molecule has 1 heterocycles. The van der Waals surface area contributed by atoms with Crippen molar-refractivity contribution in [2.24, 2.45) is 0 Å². The van der Waals surface area contributed by atoms with E-state index in [1.807, 2.05) is 12.1 Å². The van der Waals surface area contributed by atoms with E-state index >= 15 is 0 Å². The fourth-order valence-corrected chi connectivity index (χ4v) is 2.78. The highest BCUT2D eigenvalue weighted by Crippen LogP contribution is 2.21. The summed E-state index contributed by atoms with van der Waals surface area (Å²) < 4.78 is 13.0. The zero-order chi connectivity index (χ0) is 13.5. The molecule has 1 aromatic carbocycles. The number of hydrogen-bond donors (Lipinski definition) is 1. The lowest BCUT2D eigenvalue weighted by molar-refractivity contribution is 0.482. The first-order valence-electron chi connectivity index (χ1n) is 6.81. The van der Waals surface area contributed by atoms with Crippen LogP contribution in [-0.4, -0.2) is 0 Å². The molecule has 0 aliphatic carbocycles. The number of unbranched alkanes of at least 4 members (excludes halogenated alkanes) is 1.